The number of anilines is 1. The van der Waals surface area contributed by atoms with E-state index in [1.54, 1.807) is 12.1 Å². The lowest BCUT2D eigenvalue weighted by Crippen LogP contribution is -2.17. The molecule has 16 heavy (non-hydrogen) atoms. The fraction of sp³-hybridized carbons (Fsp3) is 0.462. The van der Waals surface area contributed by atoms with Crippen LogP contribution in [0.1, 0.15) is 39.2 Å². The molecule has 0 spiro atoms. The number of rotatable bonds is 3. The zero-order valence-corrected chi connectivity index (χ0v) is 10.2. The molecule has 0 aliphatic carbocycles. The molecule has 2 N–H and O–H groups in total. The van der Waals surface area contributed by atoms with Crippen LogP contribution in [0.4, 0.5) is 5.69 Å². The SMILES string of the molecule is CC(C)C(=O)Nc1ccc(O)c(C(C)C)c1. The summed E-state index contributed by atoms with van der Waals surface area (Å²) in [4.78, 5) is 11.5. The van der Waals surface area contributed by atoms with E-state index < -0.39 is 0 Å². The Bertz CT molecular complexity index is 384. The number of carbonyl (C=O) groups is 1. The Morgan fingerprint density at radius 1 is 1.25 bits per heavy atom. The molecule has 3 nitrogen and oxygen atoms in total. The maximum atomic E-state index is 11.5. The number of hydrogen-bond acceptors (Lipinski definition) is 2. The van der Waals surface area contributed by atoms with Crippen LogP contribution in [-0.2, 0) is 4.79 Å². The Labute approximate surface area is 96.5 Å². The van der Waals surface area contributed by atoms with Gasteiger partial charge in [0.2, 0.25) is 5.91 Å². The summed E-state index contributed by atoms with van der Waals surface area (Å²) in [5.74, 6) is 0.449. The van der Waals surface area contributed by atoms with Gasteiger partial charge in [-0.15, -0.1) is 0 Å². The van der Waals surface area contributed by atoms with Gasteiger partial charge in [-0.05, 0) is 29.7 Å². The number of hydrogen-bond donors (Lipinski definition) is 2. The Hall–Kier alpha value is -1.51. The van der Waals surface area contributed by atoms with E-state index in [0.717, 1.165) is 11.3 Å². The highest BCUT2D eigenvalue weighted by Crippen LogP contribution is 2.28. The molecule has 0 fully saturated rings. The smallest absolute Gasteiger partial charge is 0.226 e. The summed E-state index contributed by atoms with van der Waals surface area (Å²) in [7, 11) is 0. The number of aromatic hydroxyl groups is 1. The third kappa shape index (κ3) is 2.99. The minimum Gasteiger partial charge on any atom is -0.508 e. The van der Waals surface area contributed by atoms with Crippen LogP contribution in [0.5, 0.6) is 5.75 Å². The number of amides is 1. The van der Waals surface area contributed by atoms with Crippen LogP contribution in [-0.4, -0.2) is 11.0 Å². The van der Waals surface area contributed by atoms with Gasteiger partial charge >= 0.3 is 0 Å². The van der Waals surface area contributed by atoms with Crippen LogP contribution in [0, 0.1) is 5.92 Å². The molecule has 1 rings (SSSR count). The van der Waals surface area contributed by atoms with E-state index in [4.69, 9.17) is 0 Å². The predicted molar refractivity (Wildman–Crippen MR) is 65.7 cm³/mol. The van der Waals surface area contributed by atoms with E-state index in [2.05, 4.69) is 5.32 Å². The van der Waals surface area contributed by atoms with Crippen molar-refractivity contribution >= 4 is 11.6 Å². The average Bonchev–Trinajstić information content (AvgIpc) is 2.20. The third-order valence-corrected chi connectivity index (χ3v) is 2.44. The molecule has 0 saturated heterocycles. The lowest BCUT2D eigenvalue weighted by atomic mass is 10.0. The molecule has 0 aliphatic heterocycles. The van der Waals surface area contributed by atoms with Gasteiger partial charge in [0.25, 0.3) is 0 Å². The summed E-state index contributed by atoms with van der Waals surface area (Å²) in [6.45, 7) is 7.70. The zero-order chi connectivity index (χ0) is 12.3. The molecule has 0 aliphatic rings. The average molecular weight is 221 g/mol. The zero-order valence-electron chi connectivity index (χ0n) is 10.2. The number of carbonyl (C=O) groups excluding carboxylic acids is 1. The van der Waals surface area contributed by atoms with E-state index in [1.807, 2.05) is 33.8 Å². The lowest BCUT2D eigenvalue weighted by Gasteiger charge is -2.12. The highest BCUT2D eigenvalue weighted by atomic mass is 16.3. The second kappa shape index (κ2) is 5.01. The van der Waals surface area contributed by atoms with Crippen molar-refractivity contribution in [1.82, 2.24) is 0 Å². The molecule has 1 aromatic rings. The van der Waals surface area contributed by atoms with E-state index in [1.165, 1.54) is 0 Å². The molecule has 0 aromatic heterocycles. The van der Waals surface area contributed by atoms with Crippen molar-refractivity contribution in [3.05, 3.63) is 23.8 Å². The van der Waals surface area contributed by atoms with Gasteiger partial charge in [0.1, 0.15) is 5.75 Å². The van der Waals surface area contributed by atoms with Gasteiger partial charge in [-0.25, -0.2) is 0 Å². The number of nitrogens with one attached hydrogen (secondary N) is 1. The molecule has 0 heterocycles. The summed E-state index contributed by atoms with van der Waals surface area (Å²) < 4.78 is 0. The molecule has 0 atom stereocenters. The first kappa shape index (κ1) is 12.6. The number of phenolic OH excluding ortho intramolecular Hbond substituents is 1. The highest BCUT2D eigenvalue weighted by molar-refractivity contribution is 5.92. The first-order chi connectivity index (χ1) is 7.41. The molecular formula is C13H19NO2. The van der Waals surface area contributed by atoms with Gasteiger partial charge in [-0.2, -0.15) is 0 Å². The molecule has 3 heteroatoms. The van der Waals surface area contributed by atoms with Crippen molar-refractivity contribution in [2.75, 3.05) is 5.32 Å². The van der Waals surface area contributed by atoms with Crippen molar-refractivity contribution in [1.29, 1.82) is 0 Å². The highest BCUT2D eigenvalue weighted by Gasteiger charge is 2.10. The first-order valence-corrected chi connectivity index (χ1v) is 5.55. The first-order valence-electron chi connectivity index (χ1n) is 5.55. The molecule has 0 radical (unpaired) electrons. The fourth-order valence-corrected chi connectivity index (χ4v) is 1.38. The molecule has 0 bridgehead atoms. The van der Waals surface area contributed by atoms with Crippen molar-refractivity contribution in [2.45, 2.75) is 33.6 Å². The Morgan fingerprint density at radius 3 is 2.38 bits per heavy atom. The standard InChI is InChI=1S/C13H19NO2/c1-8(2)11-7-10(5-6-12(11)15)14-13(16)9(3)4/h5-9,15H,1-4H3,(H,14,16). The molecule has 88 valence electrons. The summed E-state index contributed by atoms with van der Waals surface area (Å²) in [5, 5.41) is 12.4. The lowest BCUT2D eigenvalue weighted by molar-refractivity contribution is -0.118. The summed E-state index contributed by atoms with van der Waals surface area (Å²) >= 11 is 0. The third-order valence-electron chi connectivity index (χ3n) is 2.44. The normalized spacial score (nSPS) is 10.9. The second-order valence-corrected chi connectivity index (χ2v) is 4.57. The minimum absolute atomic E-state index is 0.0135. The Kier molecular flexibility index (Phi) is 3.93. The van der Waals surface area contributed by atoms with Crippen molar-refractivity contribution in [2.24, 2.45) is 5.92 Å². The van der Waals surface area contributed by atoms with E-state index in [0.29, 0.717) is 0 Å². The van der Waals surface area contributed by atoms with Gasteiger partial charge < -0.3 is 10.4 Å². The molecule has 0 saturated carbocycles. The van der Waals surface area contributed by atoms with E-state index in [-0.39, 0.29) is 23.5 Å². The van der Waals surface area contributed by atoms with Gasteiger partial charge in [0.05, 0.1) is 0 Å². The van der Waals surface area contributed by atoms with Crippen LogP contribution in [0.3, 0.4) is 0 Å². The summed E-state index contributed by atoms with van der Waals surface area (Å²) in [6.07, 6.45) is 0. The van der Waals surface area contributed by atoms with Gasteiger partial charge in [-0.3, -0.25) is 4.79 Å². The Morgan fingerprint density at radius 2 is 1.88 bits per heavy atom. The summed E-state index contributed by atoms with van der Waals surface area (Å²) in [5.41, 5.74) is 1.58. The summed E-state index contributed by atoms with van der Waals surface area (Å²) in [6, 6.07) is 5.15. The van der Waals surface area contributed by atoms with Crippen molar-refractivity contribution < 1.29 is 9.90 Å². The predicted octanol–water partition coefficient (Wildman–Crippen LogP) is 3.11. The maximum absolute atomic E-state index is 11.5. The van der Waals surface area contributed by atoms with Gasteiger partial charge in [0, 0.05) is 11.6 Å². The van der Waals surface area contributed by atoms with Crippen LogP contribution < -0.4 is 5.32 Å². The molecule has 1 aromatic carbocycles. The topological polar surface area (TPSA) is 49.3 Å². The van der Waals surface area contributed by atoms with Crippen LogP contribution in [0.2, 0.25) is 0 Å². The molecule has 1 amide bonds. The van der Waals surface area contributed by atoms with Crippen molar-refractivity contribution in [3.8, 4) is 5.75 Å². The Balaban J connectivity index is 2.91. The number of phenols is 1. The minimum atomic E-state index is -0.0451. The second-order valence-electron chi connectivity index (χ2n) is 4.57. The maximum Gasteiger partial charge on any atom is 0.226 e. The monoisotopic (exact) mass is 221 g/mol. The van der Waals surface area contributed by atoms with E-state index >= 15 is 0 Å². The van der Waals surface area contributed by atoms with Crippen LogP contribution in [0.25, 0.3) is 0 Å². The molecule has 0 unspecified atom stereocenters. The van der Waals surface area contributed by atoms with Crippen molar-refractivity contribution in [3.63, 3.8) is 0 Å². The fourth-order valence-electron chi connectivity index (χ4n) is 1.38. The quantitative estimate of drug-likeness (QED) is 0.770. The van der Waals surface area contributed by atoms with Gasteiger partial charge in [-0.1, -0.05) is 27.7 Å². The molecular weight excluding hydrogens is 202 g/mol. The van der Waals surface area contributed by atoms with Gasteiger partial charge in [0.15, 0.2) is 0 Å². The number of benzene rings is 1. The van der Waals surface area contributed by atoms with Crippen LogP contribution in [0.15, 0.2) is 18.2 Å². The largest absolute Gasteiger partial charge is 0.508 e. The van der Waals surface area contributed by atoms with E-state index in [9.17, 15) is 9.90 Å². The van der Waals surface area contributed by atoms with Crippen LogP contribution >= 0.6 is 0 Å².